The number of anilines is 1. The summed E-state index contributed by atoms with van der Waals surface area (Å²) in [7, 11) is 0. The minimum Gasteiger partial charge on any atom is -0.490 e. The average molecular weight is 355 g/mol. The number of nitrogens with one attached hydrogen (secondary N) is 2. The van der Waals surface area contributed by atoms with Crippen LogP contribution in [0.15, 0.2) is 18.2 Å². The van der Waals surface area contributed by atoms with Crippen molar-refractivity contribution in [3.8, 4) is 5.75 Å². The SMILES string of the molecule is Cc1cc(NC(=O)C2CCCCN2)ccc1OC1CCOCC1.Cl. The zero-order valence-electron chi connectivity index (χ0n) is 14.2. The van der Waals surface area contributed by atoms with Gasteiger partial charge in [-0.05, 0) is 50.1 Å². The molecule has 2 fully saturated rings. The summed E-state index contributed by atoms with van der Waals surface area (Å²) >= 11 is 0. The first kappa shape index (κ1) is 19.0. The third kappa shape index (κ3) is 5.10. The summed E-state index contributed by atoms with van der Waals surface area (Å²) in [5.74, 6) is 0.952. The number of rotatable bonds is 4. The average Bonchev–Trinajstić information content (AvgIpc) is 2.59. The van der Waals surface area contributed by atoms with Crippen molar-refractivity contribution in [2.45, 2.75) is 51.2 Å². The zero-order valence-corrected chi connectivity index (χ0v) is 15.0. The number of halogens is 1. The molecule has 24 heavy (non-hydrogen) atoms. The quantitative estimate of drug-likeness (QED) is 0.872. The van der Waals surface area contributed by atoms with Crippen LogP contribution < -0.4 is 15.4 Å². The number of amides is 1. The van der Waals surface area contributed by atoms with Gasteiger partial charge in [0.05, 0.1) is 19.3 Å². The van der Waals surface area contributed by atoms with Crippen LogP contribution in [0.5, 0.6) is 5.75 Å². The van der Waals surface area contributed by atoms with E-state index in [-0.39, 0.29) is 30.5 Å². The Labute approximate surface area is 149 Å². The Kier molecular flexibility index (Phi) is 7.34. The van der Waals surface area contributed by atoms with E-state index >= 15 is 0 Å². The smallest absolute Gasteiger partial charge is 0.241 e. The second-order valence-electron chi connectivity index (χ2n) is 6.40. The second-order valence-corrected chi connectivity index (χ2v) is 6.40. The van der Waals surface area contributed by atoms with Crippen molar-refractivity contribution in [1.29, 1.82) is 0 Å². The van der Waals surface area contributed by atoms with Gasteiger partial charge in [0, 0.05) is 18.5 Å². The van der Waals surface area contributed by atoms with Crippen LogP contribution in [0.1, 0.15) is 37.7 Å². The van der Waals surface area contributed by atoms with E-state index in [0.29, 0.717) is 0 Å². The molecule has 134 valence electrons. The molecule has 2 aliphatic rings. The third-order valence-electron chi connectivity index (χ3n) is 4.53. The maximum absolute atomic E-state index is 12.3. The monoisotopic (exact) mass is 354 g/mol. The number of piperidine rings is 1. The van der Waals surface area contributed by atoms with Crippen LogP contribution in [-0.2, 0) is 9.53 Å². The number of hydrogen-bond acceptors (Lipinski definition) is 4. The van der Waals surface area contributed by atoms with Crippen LogP contribution in [0.3, 0.4) is 0 Å². The van der Waals surface area contributed by atoms with Gasteiger partial charge in [0.2, 0.25) is 5.91 Å². The molecule has 1 atom stereocenters. The van der Waals surface area contributed by atoms with E-state index in [2.05, 4.69) is 10.6 Å². The van der Waals surface area contributed by atoms with E-state index in [1.807, 2.05) is 25.1 Å². The predicted octanol–water partition coefficient (Wildman–Crippen LogP) is 3.06. The fourth-order valence-electron chi connectivity index (χ4n) is 3.14. The summed E-state index contributed by atoms with van der Waals surface area (Å²) in [5.41, 5.74) is 1.88. The molecule has 0 saturated carbocycles. The summed E-state index contributed by atoms with van der Waals surface area (Å²) in [4.78, 5) is 12.3. The first-order chi connectivity index (χ1) is 11.2. The van der Waals surface area contributed by atoms with Crippen molar-refractivity contribution in [2.75, 3.05) is 25.1 Å². The first-order valence-electron chi connectivity index (χ1n) is 8.61. The number of aryl methyl sites for hydroxylation is 1. The molecule has 0 radical (unpaired) electrons. The number of carbonyl (C=O) groups excluding carboxylic acids is 1. The number of ether oxygens (including phenoxy) is 2. The topological polar surface area (TPSA) is 59.6 Å². The maximum atomic E-state index is 12.3. The van der Waals surface area contributed by atoms with Gasteiger partial charge in [-0.1, -0.05) is 6.42 Å². The van der Waals surface area contributed by atoms with Gasteiger partial charge in [-0.15, -0.1) is 12.4 Å². The minimum absolute atomic E-state index is 0. The highest BCUT2D eigenvalue weighted by Crippen LogP contribution is 2.25. The Morgan fingerprint density at radius 2 is 2.04 bits per heavy atom. The highest BCUT2D eigenvalue weighted by atomic mass is 35.5. The normalized spacial score (nSPS) is 21.6. The lowest BCUT2D eigenvalue weighted by molar-refractivity contribution is -0.118. The van der Waals surface area contributed by atoms with Crippen molar-refractivity contribution in [3.63, 3.8) is 0 Å². The van der Waals surface area contributed by atoms with E-state index < -0.39 is 0 Å². The molecule has 1 aromatic carbocycles. The molecule has 2 aliphatic heterocycles. The molecule has 0 spiro atoms. The van der Waals surface area contributed by atoms with Gasteiger partial charge < -0.3 is 20.1 Å². The zero-order chi connectivity index (χ0) is 16.1. The van der Waals surface area contributed by atoms with Crippen LogP contribution in [-0.4, -0.2) is 37.8 Å². The van der Waals surface area contributed by atoms with Gasteiger partial charge in [0.1, 0.15) is 11.9 Å². The Bertz CT molecular complexity index is 541. The van der Waals surface area contributed by atoms with Crippen molar-refractivity contribution < 1.29 is 14.3 Å². The van der Waals surface area contributed by atoms with E-state index in [1.54, 1.807) is 0 Å². The van der Waals surface area contributed by atoms with Crippen molar-refractivity contribution in [3.05, 3.63) is 23.8 Å². The Hall–Kier alpha value is -1.30. The van der Waals surface area contributed by atoms with Crippen LogP contribution in [0.2, 0.25) is 0 Å². The number of hydrogen-bond donors (Lipinski definition) is 2. The molecule has 1 unspecified atom stereocenters. The molecule has 0 aromatic heterocycles. The highest BCUT2D eigenvalue weighted by molar-refractivity contribution is 5.95. The van der Waals surface area contributed by atoms with Crippen molar-refractivity contribution >= 4 is 24.0 Å². The second kappa shape index (κ2) is 9.25. The molecule has 5 nitrogen and oxygen atoms in total. The highest BCUT2D eigenvalue weighted by Gasteiger charge is 2.21. The largest absolute Gasteiger partial charge is 0.490 e. The first-order valence-corrected chi connectivity index (χ1v) is 8.61. The molecular formula is C18H27ClN2O3. The lowest BCUT2D eigenvalue weighted by Crippen LogP contribution is -2.43. The summed E-state index contributed by atoms with van der Waals surface area (Å²) in [5, 5.41) is 6.28. The van der Waals surface area contributed by atoms with Gasteiger partial charge in [-0.2, -0.15) is 0 Å². The van der Waals surface area contributed by atoms with E-state index in [9.17, 15) is 4.79 Å². The van der Waals surface area contributed by atoms with Crippen molar-refractivity contribution in [2.24, 2.45) is 0 Å². The molecule has 0 bridgehead atoms. The lowest BCUT2D eigenvalue weighted by Gasteiger charge is -2.25. The Balaban J connectivity index is 0.00000208. The molecule has 2 N–H and O–H groups in total. The predicted molar refractivity (Wildman–Crippen MR) is 97.2 cm³/mol. The molecule has 2 heterocycles. The minimum atomic E-state index is -0.0674. The van der Waals surface area contributed by atoms with Crippen molar-refractivity contribution in [1.82, 2.24) is 5.32 Å². The van der Waals surface area contributed by atoms with Gasteiger partial charge in [-0.25, -0.2) is 0 Å². The molecule has 1 amide bonds. The maximum Gasteiger partial charge on any atom is 0.241 e. The Morgan fingerprint density at radius 1 is 1.25 bits per heavy atom. The molecule has 6 heteroatoms. The van der Waals surface area contributed by atoms with Gasteiger partial charge in [0.25, 0.3) is 0 Å². The lowest BCUT2D eigenvalue weighted by atomic mass is 10.0. The molecule has 0 aliphatic carbocycles. The number of carbonyl (C=O) groups is 1. The standard InChI is InChI=1S/C18H26N2O3.ClH/c1-13-12-14(20-18(21)16-4-2-3-9-19-16)5-6-17(13)23-15-7-10-22-11-8-15;/h5-6,12,15-16,19H,2-4,7-11H2,1H3,(H,20,21);1H. The van der Waals surface area contributed by atoms with Gasteiger partial charge >= 0.3 is 0 Å². The fraction of sp³-hybridized carbons (Fsp3) is 0.611. The molecular weight excluding hydrogens is 328 g/mol. The van der Waals surface area contributed by atoms with Crippen LogP contribution in [0.4, 0.5) is 5.69 Å². The molecule has 3 rings (SSSR count). The van der Waals surface area contributed by atoms with Crippen LogP contribution >= 0.6 is 12.4 Å². The van der Waals surface area contributed by atoms with E-state index in [4.69, 9.17) is 9.47 Å². The summed E-state index contributed by atoms with van der Waals surface area (Å²) in [6, 6.07) is 5.79. The van der Waals surface area contributed by atoms with Gasteiger partial charge in [-0.3, -0.25) is 4.79 Å². The van der Waals surface area contributed by atoms with Crippen LogP contribution in [0, 0.1) is 6.92 Å². The summed E-state index contributed by atoms with van der Waals surface area (Å²) in [6.45, 7) is 4.48. The van der Waals surface area contributed by atoms with E-state index in [1.165, 1.54) is 0 Å². The summed E-state index contributed by atoms with van der Waals surface area (Å²) < 4.78 is 11.4. The Morgan fingerprint density at radius 3 is 2.71 bits per heavy atom. The molecule has 1 aromatic rings. The number of benzene rings is 1. The molecule has 2 saturated heterocycles. The van der Waals surface area contributed by atoms with Gasteiger partial charge in [0.15, 0.2) is 0 Å². The van der Waals surface area contributed by atoms with Crippen LogP contribution in [0.25, 0.3) is 0 Å². The third-order valence-corrected chi connectivity index (χ3v) is 4.53. The van der Waals surface area contributed by atoms with E-state index in [0.717, 1.165) is 68.9 Å². The fourth-order valence-corrected chi connectivity index (χ4v) is 3.14. The summed E-state index contributed by atoms with van der Waals surface area (Å²) in [6.07, 6.45) is 5.28.